The summed E-state index contributed by atoms with van der Waals surface area (Å²) in [5.74, 6) is 0.533. The molecule has 1 atom stereocenters. The van der Waals surface area contributed by atoms with Gasteiger partial charge in [0.25, 0.3) is 0 Å². The number of nitrogens with one attached hydrogen (secondary N) is 1. The molecule has 0 unspecified atom stereocenters. The van der Waals surface area contributed by atoms with Crippen LogP contribution >= 0.6 is 0 Å². The van der Waals surface area contributed by atoms with E-state index in [9.17, 15) is 8.42 Å². The Morgan fingerprint density at radius 1 is 1.30 bits per heavy atom. The van der Waals surface area contributed by atoms with Crippen molar-refractivity contribution in [1.29, 1.82) is 0 Å². The number of ether oxygens (including phenoxy) is 1. The second-order valence-electron chi connectivity index (χ2n) is 6.54. The number of anilines is 1. The van der Waals surface area contributed by atoms with E-state index in [0.717, 1.165) is 16.5 Å². The number of primary sulfonamides is 1. The van der Waals surface area contributed by atoms with Crippen molar-refractivity contribution in [2.45, 2.75) is 18.7 Å². The first-order valence-corrected chi connectivity index (χ1v) is 10.3. The molecule has 4 rings (SSSR count). The minimum atomic E-state index is -3.77. The molecule has 0 radical (unpaired) electrons. The smallest absolute Gasteiger partial charge is 0.229 e. The molecule has 9 nitrogen and oxygen atoms in total. The number of hydrogen-bond acceptors (Lipinski definition) is 7. The third kappa shape index (κ3) is 3.77. The van der Waals surface area contributed by atoms with Crippen molar-refractivity contribution in [2.75, 3.05) is 24.7 Å². The van der Waals surface area contributed by atoms with Crippen molar-refractivity contribution in [3.63, 3.8) is 0 Å². The van der Waals surface area contributed by atoms with E-state index in [4.69, 9.17) is 9.88 Å². The Balaban J connectivity index is 1.86. The number of nitrogens with zero attached hydrogens (tertiary/aromatic N) is 4. The van der Waals surface area contributed by atoms with Gasteiger partial charge in [0.05, 0.1) is 19.3 Å². The number of rotatable bonds is 4. The maximum Gasteiger partial charge on any atom is 0.229 e. The van der Waals surface area contributed by atoms with E-state index < -0.39 is 15.8 Å². The molecule has 3 heterocycles. The van der Waals surface area contributed by atoms with Crippen LogP contribution in [0.5, 0.6) is 0 Å². The Labute approximate surface area is 156 Å². The number of aromatic amines is 1. The predicted octanol–water partition coefficient (Wildman–Crippen LogP) is 1.03. The summed E-state index contributed by atoms with van der Waals surface area (Å²) in [5.41, 5.74) is 1.75. The van der Waals surface area contributed by atoms with Crippen molar-refractivity contribution < 1.29 is 13.2 Å². The van der Waals surface area contributed by atoms with Gasteiger partial charge in [0.15, 0.2) is 11.6 Å². The first kappa shape index (κ1) is 17.8. The lowest BCUT2D eigenvalue weighted by Gasteiger charge is -2.33. The summed E-state index contributed by atoms with van der Waals surface area (Å²) in [6.45, 7) is 3.74. The molecule has 0 saturated carbocycles. The molecule has 10 heteroatoms. The highest BCUT2D eigenvalue weighted by atomic mass is 32.2. The van der Waals surface area contributed by atoms with Gasteiger partial charge in [-0.25, -0.2) is 18.5 Å². The Morgan fingerprint density at radius 2 is 2.15 bits per heavy atom. The number of fused-ring (bicyclic) bond motifs is 1. The summed E-state index contributed by atoms with van der Waals surface area (Å²) < 4.78 is 28.7. The summed E-state index contributed by atoms with van der Waals surface area (Å²) in [6, 6.07) is 7.76. The van der Waals surface area contributed by atoms with E-state index in [1.165, 1.54) is 0 Å². The van der Waals surface area contributed by atoms with Gasteiger partial charge in [0.2, 0.25) is 16.0 Å². The lowest BCUT2D eigenvalue weighted by molar-refractivity contribution is 0.0980. The van der Waals surface area contributed by atoms with Crippen molar-refractivity contribution in [1.82, 2.24) is 19.9 Å². The van der Waals surface area contributed by atoms with Crippen LogP contribution in [0, 0.1) is 0 Å². The van der Waals surface area contributed by atoms with Crippen LogP contribution in [0.4, 0.5) is 5.95 Å². The Kier molecular flexibility index (Phi) is 4.54. The zero-order chi connectivity index (χ0) is 19.0. The molecular weight excluding hydrogens is 368 g/mol. The molecule has 0 amide bonds. The van der Waals surface area contributed by atoms with Crippen LogP contribution in [0.15, 0.2) is 30.5 Å². The van der Waals surface area contributed by atoms with Crippen LogP contribution in [-0.2, 0) is 20.5 Å². The maximum absolute atomic E-state index is 11.6. The first-order chi connectivity index (χ1) is 12.9. The second kappa shape index (κ2) is 6.87. The average molecular weight is 388 g/mol. The summed E-state index contributed by atoms with van der Waals surface area (Å²) in [4.78, 5) is 18.5. The third-order valence-electron chi connectivity index (χ3n) is 4.46. The van der Waals surface area contributed by atoms with Gasteiger partial charge in [-0.15, -0.1) is 0 Å². The van der Waals surface area contributed by atoms with E-state index in [1.807, 2.05) is 42.3 Å². The normalized spacial score (nSPS) is 18.1. The van der Waals surface area contributed by atoms with Gasteiger partial charge in [-0.2, -0.15) is 9.97 Å². The number of H-pyrrole nitrogens is 1. The Morgan fingerprint density at radius 3 is 2.93 bits per heavy atom. The van der Waals surface area contributed by atoms with Crippen LogP contribution in [-0.4, -0.2) is 54.2 Å². The number of hydrogen-bond donors (Lipinski definition) is 2. The fourth-order valence-corrected chi connectivity index (χ4v) is 3.69. The summed E-state index contributed by atoms with van der Waals surface area (Å²) >= 11 is 0. The lowest BCUT2D eigenvalue weighted by atomic mass is 10.1. The molecule has 1 aliphatic rings. The van der Waals surface area contributed by atoms with E-state index in [-0.39, 0.29) is 11.9 Å². The SMILES string of the molecule is C[C@@H]1COCCN1c1nc(CS(N)(=O)=O)nc(-c2cccc3[nH]ccc23)n1. The first-order valence-electron chi connectivity index (χ1n) is 8.57. The molecule has 0 spiro atoms. The summed E-state index contributed by atoms with van der Waals surface area (Å²) in [6.07, 6.45) is 1.84. The summed E-state index contributed by atoms with van der Waals surface area (Å²) in [7, 11) is -3.77. The molecule has 3 N–H and O–H groups in total. The highest BCUT2D eigenvalue weighted by Crippen LogP contribution is 2.27. The fraction of sp³-hybridized carbons (Fsp3) is 0.353. The van der Waals surface area contributed by atoms with E-state index in [1.54, 1.807) is 0 Å². The topological polar surface area (TPSA) is 127 Å². The van der Waals surface area contributed by atoms with Crippen molar-refractivity contribution in [2.24, 2.45) is 5.14 Å². The highest BCUT2D eigenvalue weighted by molar-refractivity contribution is 7.88. The molecule has 1 aliphatic heterocycles. The van der Waals surface area contributed by atoms with Gasteiger partial charge in [-0.1, -0.05) is 12.1 Å². The Hall–Kier alpha value is -2.56. The fourth-order valence-electron chi connectivity index (χ4n) is 3.21. The molecule has 142 valence electrons. The molecule has 1 aromatic carbocycles. The van der Waals surface area contributed by atoms with Crippen LogP contribution in [0.2, 0.25) is 0 Å². The van der Waals surface area contributed by atoms with E-state index in [2.05, 4.69) is 19.9 Å². The van der Waals surface area contributed by atoms with Gasteiger partial charge in [-0.05, 0) is 19.1 Å². The summed E-state index contributed by atoms with van der Waals surface area (Å²) in [5, 5.41) is 6.17. The zero-order valence-corrected chi connectivity index (χ0v) is 15.6. The van der Waals surface area contributed by atoms with Gasteiger partial charge < -0.3 is 14.6 Å². The third-order valence-corrected chi connectivity index (χ3v) is 5.12. The van der Waals surface area contributed by atoms with Gasteiger partial charge in [0.1, 0.15) is 5.75 Å². The molecule has 27 heavy (non-hydrogen) atoms. The predicted molar refractivity (Wildman–Crippen MR) is 102 cm³/mol. The molecule has 1 fully saturated rings. The number of aromatic nitrogens is 4. The van der Waals surface area contributed by atoms with Gasteiger partial charge >= 0.3 is 0 Å². The lowest BCUT2D eigenvalue weighted by Crippen LogP contribution is -2.44. The average Bonchev–Trinajstić information content (AvgIpc) is 3.09. The number of nitrogens with two attached hydrogens (primary N) is 1. The van der Waals surface area contributed by atoms with E-state index >= 15 is 0 Å². The number of sulfonamides is 1. The maximum atomic E-state index is 11.6. The van der Waals surface area contributed by atoms with Crippen molar-refractivity contribution in [3.8, 4) is 11.4 Å². The molecule has 2 aromatic heterocycles. The van der Waals surface area contributed by atoms with Crippen LogP contribution in [0.25, 0.3) is 22.3 Å². The van der Waals surface area contributed by atoms with Crippen LogP contribution in [0.1, 0.15) is 12.7 Å². The molecular formula is C17H20N6O3S. The molecule has 0 bridgehead atoms. The number of morpholine rings is 1. The molecule has 3 aromatic rings. The van der Waals surface area contributed by atoms with Crippen molar-refractivity contribution >= 4 is 26.9 Å². The van der Waals surface area contributed by atoms with Crippen LogP contribution < -0.4 is 10.0 Å². The standard InChI is InChI=1S/C17H20N6O3S/c1-11-9-26-8-7-23(11)17-21-15(10-27(18,24)25)20-16(22-17)13-3-2-4-14-12(13)5-6-19-14/h2-6,11,19H,7-10H2,1H3,(H2,18,24,25)/t11-/m1/s1. The second-order valence-corrected chi connectivity index (χ2v) is 8.16. The highest BCUT2D eigenvalue weighted by Gasteiger charge is 2.24. The Bertz CT molecular complexity index is 1080. The minimum absolute atomic E-state index is 0.0689. The van der Waals surface area contributed by atoms with Gasteiger partial charge in [-0.3, -0.25) is 0 Å². The monoisotopic (exact) mass is 388 g/mol. The largest absolute Gasteiger partial charge is 0.377 e. The van der Waals surface area contributed by atoms with Crippen LogP contribution in [0.3, 0.4) is 0 Å². The number of benzene rings is 1. The zero-order valence-electron chi connectivity index (χ0n) is 14.8. The van der Waals surface area contributed by atoms with Gasteiger partial charge in [0, 0.05) is 29.2 Å². The minimum Gasteiger partial charge on any atom is -0.377 e. The quantitative estimate of drug-likeness (QED) is 0.683. The van der Waals surface area contributed by atoms with E-state index in [0.29, 0.717) is 31.5 Å². The molecule has 1 saturated heterocycles. The van der Waals surface area contributed by atoms with Crippen molar-refractivity contribution in [3.05, 3.63) is 36.3 Å². The molecule has 0 aliphatic carbocycles.